The van der Waals surface area contributed by atoms with Crippen molar-refractivity contribution >= 4 is 5.78 Å². The van der Waals surface area contributed by atoms with Gasteiger partial charge in [0, 0.05) is 12.3 Å². The van der Waals surface area contributed by atoms with E-state index in [0.29, 0.717) is 11.7 Å². The van der Waals surface area contributed by atoms with Crippen molar-refractivity contribution in [2.24, 2.45) is 5.92 Å². The minimum Gasteiger partial charge on any atom is -0.303 e. The molecule has 0 atom stereocenters. The van der Waals surface area contributed by atoms with Crippen LogP contribution in [0.4, 0.5) is 0 Å². The summed E-state index contributed by atoms with van der Waals surface area (Å²) < 4.78 is 0. The van der Waals surface area contributed by atoms with Gasteiger partial charge in [0.25, 0.3) is 0 Å². The summed E-state index contributed by atoms with van der Waals surface area (Å²) in [7, 11) is 0. The van der Waals surface area contributed by atoms with Gasteiger partial charge in [-0.2, -0.15) is 0 Å². The van der Waals surface area contributed by atoms with Crippen LogP contribution in [0.2, 0.25) is 0 Å². The van der Waals surface area contributed by atoms with Crippen molar-refractivity contribution in [3.05, 3.63) is 0 Å². The highest BCUT2D eigenvalue weighted by Gasteiger charge is 2.22. The molecule has 1 saturated heterocycles. The normalized spacial score (nSPS) is 19.9. The van der Waals surface area contributed by atoms with Crippen LogP contribution >= 0.6 is 0 Å². The molecule has 1 fully saturated rings. The van der Waals surface area contributed by atoms with Gasteiger partial charge in [0.2, 0.25) is 0 Å². The summed E-state index contributed by atoms with van der Waals surface area (Å²) in [5, 5.41) is 0. The average molecular weight is 197 g/mol. The summed E-state index contributed by atoms with van der Waals surface area (Å²) in [6, 6.07) is 0. The molecule has 2 nitrogen and oxygen atoms in total. The van der Waals surface area contributed by atoms with Gasteiger partial charge < -0.3 is 4.90 Å². The molecule has 1 aliphatic rings. The number of Topliss-reactive ketones (excluding diaryl/α,β-unsaturated/α-hetero) is 1. The molecule has 82 valence electrons. The molecule has 1 heterocycles. The Bertz CT molecular complexity index is 171. The number of nitrogens with zero attached hydrogens (tertiary/aromatic N) is 1. The zero-order valence-corrected chi connectivity index (χ0v) is 9.59. The van der Waals surface area contributed by atoms with Crippen LogP contribution in [0.1, 0.15) is 46.0 Å². The molecule has 0 aromatic heterocycles. The molecular formula is C12H23NO. The number of ketones is 1. The second-order valence-electron chi connectivity index (χ2n) is 4.29. The van der Waals surface area contributed by atoms with Gasteiger partial charge in [-0.25, -0.2) is 0 Å². The van der Waals surface area contributed by atoms with Gasteiger partial charge in [-0.1, -0.05) is 20.3 Å². The van der Waals surface area contributed by atoms with E-state index >= 15 is 0 Å². The highest BCUT2D eigenvalue weighted by molar-refractivity contribution is 5.80. The summed E-state index contributed by atoms with van der Waals surface area (Å²) in [5.74, 6) is 0.845. The lowest BCUT2D eigenvalue weighted by Crippen LogP contribution is -2.36. The number of piperidine rings is 1. The maximum Gasteiger partial charge on any atom is 0.135 e. The van der Waals surface area contributed by atoms with Crippen LogP contribution in [0.3, 0.4) is 0 Å². The minimum absolute atomic E-state index is 0.373. The molecule has 1 rings (SSSR count). The van der Waals surface area contributed by atoms with Crippen LogP contribution < -0.4 is 0 Å². The highest BCUT2D eigenvalue weighted by Crippen LogP contribution is 2.19. The molecule has 0 aliphatic carbocycles. The fourth-order valence-corrected chi connectivity index (χ4v) is 2.15. The summed E-state index contributed by atoms with van der Waals surface area (Å²) >= 11 is 0. The zero-order chi connectivity index (χ0) is 10.4. The Balaban J connectivity index is 2.20. The van der Waals surface area contributed by atoms with Gasteiger partial charge in [0.05, 0.1) is 0 Å². The summed E-state index contributed by atoms with van der Waals surface area (Å²) in [6.07, 6.45) is 5.48. The molecular weight excluding hydrogens is 174 g/mol. The van der Waals surface area contributed by atoms with Gasteiger partial charge in [0.15, 0.2) is 0 Å². The van der Waals surface area contributed by atoms with Crippen molar-refractivity contribution in [1.29, 1.82) is 0 Å². The number of unbranched alkanes of at least 4 members (excludes halogenated alkanes) is 1. The molecule has 0 bridgehead atoms. The molecule has 0 spiro atoms. The van der Waals surface area contributed by atoms with Crippen molar-refractivity contribution in [2.45, 2.75) is 46.0 Å². The molecule has 1 aliphatic heterocycles. The third-order valence-electron chi connectivity index (χ3n) is 3.22. The fraction of sp³-hybridized carbons (Fsp3) is 0.917. The summed E-state index contributed by atoms with van der Waals surface area (Å²) in [6.45, 7) is 7.70. The topological polar surface area (TPSA) is 20.3 Å². The molecule has 0 unspecified atom stereocenters. The van der Waals surface area contributed by atoms with Crippen molar-refractivity contribution < 1.29 is 4.79 Å². The lowest BCUT2D eigenvalue weighted by molar-refractivity contribution is -0.123. The Morgan fingerprint density at radius 3 is 2.43 bits per heavy atom. The quantitative estimate of drug-likeness (QED) is 0.675. The number of likely N-dealkylation sites (tertiary alicyclic amines) is 1. The molecule has 0 amide bonds. The summed E-state index contributed by atoms with van der Waals surface area (Å²) in [5.41, 5.74) is 0. The molecule has 0 radical (unpaired) electrons. The smallest absolute Gasteiger partial charge is 0.135 e. The van der Waals surface area contributed by atoms with Gasteiger partial charge >= 0.3 is 0 Å². The number of carbonyl (C=O) groups is 1. The minimum atomic E-state index is 0.373. The van der Waals surface area contributed by atoms with Crippen LogP contribution in [-0.4, -0.2) is 30.3 Å². The molecule has 0 N–H and O–H groups in total. The van der Waals surface area contributed by atoms with Gasteiger partial charge in [-0.05, 0) is 38.9 Å². The Kier molecular flexibility index (Phi) is 5.16. The van der Waals surface area contributed by atoms with E-state index in [0.717, 1.165) is 32.4 Å². The van der Waals surface area contributed by atoms with Gasteiger partial charge in [0.1, 0.15) is 5.78 Å². The lowest BCUT2D eigenvalue weighted by Gasteiger charge is -2.30. The maximum atomic E-state index is 11.5. The first-order valence-electron chi connectivity index (χ1n) is 6.03. The first kappa shape index (κ1) is 11.7. The van der Waals surface area contributed by atoms with E-state index in [4.69, 9.17) is 0 Å². The van der Waals surface area contributed by atoms with Crippen LogP contribution in [-0.2, 0) is 4.79 Å². The van der Waals surface area contributed by atoms with E-state index in [-0.39, 0.29) is 0 Å². The van der Waals surface area contributed by atoms with E-state index in [9.17, 15) is 4.79 Å². The third kappa shape index (κ3) is 3.41. The largest absolute Gasteiger partial charge is 0.303 e. The second-order valence-corrected chi connectivity index (χ2v) is 4.29. The number of rotatable bonds is 5. The molecule has 2 heteroatoms. The molecule has 0 aromatic rings. The van der Waals surface area contributed by atoms with Crippen molar-refractivity contribution in [2.75, 3.05) is 19.6 Å². The number of hydrogen-bond acceptors (Lipinski definition) is 2. The molecule has 0 saturated carbocycles. The molecule has 0 aromatic carbocycles. The number of hydrogen-bond donors (Lipinski definition) is 0. The fourth-order valence-electron chi connectivity index (χ4n) is 2.15. The van der Waals surface area contributed by atoms with E-state index in [1.807, 2.05) is 6.92 Å². The number of carbonyl (C=O) groups excluding carboxylic acids is 1. The van der Waals surface area contributed by atoms with Crippen molar-refractivity contribution in [3.8, 4) is 0 Å². The van der Waals surface area contributed by atoms with Crippen LogP contribution in [0.15, 0.2) is 0 Å². The monoisotopic (exact) mass is 197 g/mol. The second kappa shape index (κ2) is 6.18. The Labute approximate surface area is 87.7 Å². The van der Waals surface area contributed by atoms with E-state index in [1.165, 1.54) is 19.4 Å². The molecule has 14 heavy (non-hydrogen) atoms. The van der Waals surface area contributed by atoms with Gasteiger partial charge in [-0.3, -0.25) is 4.79 Å². The summed E-state index contributed by atoms with van der Waals surface area (Å²) in [4.78, 5) is 14.0. The lowest BCUT2D eigenvalue weighted by atomic mass is 9.91. The Morgan fingerprint density at radius 1 is 1.29 bits per heavy atom. The van der Waals surface area contributed by atoms with E-state index in [1.54, 1.807) is 0 Å². The third-order valence-corrected chi connectivity index (χ3v) is 3.22. The first-order valence-corrected chi connectivity index (χ1v) is 6.03. The predicted octanol–water partition coefficient (Wildman–Crippen LogP) is 2.48. The predicted molar refractivity (Wildman–Crippen MR) is 59.4 cm³/mol. The zero-order valence-electron chi connectivity index (χ0n) is 9.59. The Morgan fingerprint density at radius 2 is 1.93 bits per heavy atom. The van der Waals surface area contributed by atoms with Crippen LogP contribution in [0.25, 0.3) is 0 Å². The van der Waals surface area contributed by atoms with Gasteiger partial charge in [-0.15, -0.1) is 0 Å². The van der Waals surface area contributed by atoms with Crippen molar-refractivity contribution in [1.82, 2.24) is 4.90 Å². The van der Waals surface area contributed by atoms with E-state index < -0.39 is 0 Å². The maximum absolute atomic E-state index is 11.5. The first-order chi connectivity index (χ1) is 6.77. The highest BCUT2D eigenvalue weighted by atomic mass is 16.1. The SMILES string of the molecule is CCCCN1CCC(C(=O)CC)CC1. The van der Waals surface area contributed by atoms with Crippen molar-refractivity contribution in [3.63, 3.8) is 0 Å². The van der Waals surface area contributed by atoms with Crippen LogP contribution in [0, 0.1) is 5.92 Å². The average Bonchev–Trinajstić information content (AvgIpc) is 2.26. The standard InChI is InChI=1S/C12H23NO/c1-3-5-8-13-9-6-11(7-10-13)12(14)4-2/h11H,3-10H2,1-2H3. The van der Waals surface area contributed by atoms with Crippen LogP contribution in [0.5, 0.6) is 0 Å². The van der Waals surface area contributed by atoms with E-state index in [2.05, 4.69) is 11.8 Å². The Hall–Kier alpha value is -0.370.